The molecule has 0 aromatic rings. The number of carbonyl (C=O) groups excluding carboxylic acids is 1. The monoisotopic (exact) mass is 262 g/mol. The Bertz CT molecular complexity index is 230. The topological polar surface area (TPSA) is 54.0 Å². The van der Waals surface area contributed by atoms with Crippen LogP contribution in [0.15, 0.2) is 0 Å². The SMILES string of the molecule is O=CO[C@@H]1O[C@H](COP)C(OP)C1(F)F. The summed E-state index contributed by atoms with van der Waals surface area (Å²) >= 11 is 0. The lowest BCUT2D eigenvalue weighted by Crippen LogP contribution is -2.41. The first-order valence-corrected chi connectivity index (χ1v) is 4.81. The maximum atomic E-state index is 13.4. The minimum absolute atomic E-state index is 0.0949. The van der Waals surface area contributed by atoms with E-state index in [4.69, 9.17) is 4.74 Å². The molecule has 1 fully saturated rings. The largest absolute Gasteiger partial charge is 0.431 e. The number of halogens is 2. The zero-order chi connectivity index (χ0) is 11.5. The van der Waals surface area contributed by atoms with Crippen molar-refractivity contribution >= 4 is 25.4 Å². The Morgan fingerprint density at radius 2 is 2.13 bits per heavy atom. The van der Waals surface area contributed by atoms with Crippen LogP contribution >= 0.6 is 18.9 Å². The van der Waals surface area contributed by atoms with Gasteiger partial charge in [0.2, 0.25) is 0 Å². The molecule has 15 heavy (non-hydrogen) atoms. The second kappa shape index (κ2) is 5.41. The molecule has 1 heterocycles. The Labute approximate surface area is 89.3 Å². The first-order chi connectivity index (χ1) is 7.07. The van der Waals surface area contributed by atoms with Crippen molar-refractivity contribution in [1.82, 2.24) is 0 Å². The highest BCUT2D eigenvalue weighted by atomic mass is 31.0. The van der Waals surface area contributed by atoms with Gasteiger partial charge in [-0.15, -0.1) is 0 Å². The summed E-state index contributed by atoms with van der Waals surface area (Å²) in [6.45, 7) is -0.208. The van der Waals surface area contributed by atoms with Gasteiger partial charge in [-0.2, -0.15) is 8.78 Å². The smallest absolute Gasteiger partial charge is 0.337 e. The van der Waals surface area contributed by atoms with Crippen molar-refractivity contribution in [1.29, 1.82) is 0 Å². The van der Waals surface area contributed by atoms with E-state index >= 15 is 0 Å². The molecule has 0 spiro atoms. The minimum Gasteiger partial charge on any atom is -0.431 e. The van der Waals surface area contributed by atoms with Crippen molar-refractivity contribution in [2.75, 3.05) is 6.61 Å². The van der Waals surface area contributed by atoms with E-state index < -0.39 is 24.4 Å². The zero-order valence-corrected chi connectivity index (χ0v) is 9.78. The lowest BCUT2D eigenvalue weighted by Gasteiger charge is -2.20. The number of ether oxygens (including phenoxy) is 2. The Hall–Kier alpha value is 0.0700. The van der Waals surface area contributed by atoms with E-state index in [9.17, 15) is 13.6 Å². The van der Waals surface area contributed by atoms with Crippen LogP contribution in [-0.2, 0) is 23.3 Å². The summed E-state index contributed by atoms with van der Waals surface area (Å²) in [4.78, 5) is 9.99. The Morgan fingerprint density at radius 1 is 1.47 bits per heavy atom. The van der Waals surface area contributed by atoms with Gasteiger partial charge in [-0.05, 0) is 0 Å². The molecule has 1 saturated heterocycles. The van der Waals surface area contributed by atoms with Crippen LogP contribution in [-0.4, -0.2) is 37.5 Å². The van der Waals surface area contributed by atoms with Crippen molar-refractivity contribution in [2.45, 2.75) is 24.4 Å². The molecule has 3 unspecified atom stereocenters. The Morgan fingerprint density at radius 3 is 2.60 bits per heavy atom. The molecule has 0 saturated carbocycles. The Kier molecular flexibility index (Phi) is 4.74. The molecule has 0 bridgehead atoms. The highest BCUT2D eigenvalue weighted by molar-refractivity contribution is 7.10. The van der Waals surface area contributed by atoms with E-state index in [1.807, 2.05) is 9.47 Å². The first-order valence-electron chi connectivity index (χ1n) is 3.87. The third-order valence-corrected chi connectivity index (χ3v) is 2.40. The molecular formula is C6H10F2O5P2. The average molecular weight is 262 g/mol. The molecule has 88 valence electrons. The van der Waals surface area contributed by atoms with Crippen molar-refractivity contribution in [3.05, 3.63) is 0 Å². The maximum absolute atomic E-state index is 13.4. The van der Waals surface area contributed by atoms with Crippen molar-refractivity contribution in [3.8, 4) is 0 Å². The van der Waals surface area contributed by atoms with E-state index in [-0.39, 0.29) is 13.1 Å². The first kappa shape index (κ1) is 13.1. The van der Waals surface area contributed by atoms with Crippen LogP contribution < -0.4 is 0 Å². The van der Waals surface area contributed by atoms with Gasteiger partial charge in [0.15, 0.2) is 6.10 Å². The number of hydrogen-bond donors (Lipinski definition) is 0. The van der Waals surface area contributed by atoms with Crippen LogP contribution in [0.5, 0.6) is 0 Å². The van der Waals surface area contributed by atoms with Crippen LogP contribution in [0, 0.1) is 0 Å². The van der Waals surface area contributed by atoms with Crippen LogP contribution in [0.2, 0.25) is 0 Å². The van der Waals surface area contributed by atoms with Gasteiger partial charge in [0.1, 0.15) is 6.10 Å². The van der Waals surface area contributed by atoms with E-state index in [1.54, 1.807) is 9.47 Å². The zero-order valence-electron chi connectivity index (χ0n) is 7.47. The predicted molar refractivity (Wildman–Crippen MR) is 51.0 cm³/mol. The number of rotatable bonds is 5. The molecule has 5 atom stereocenters. The van der Waals surface area contributed by atoms with E-state index in [2.05, 4.69) is 13.8 Å². The van der Waals surface area contributed by atoms with Gasteiger partial charge in [0.05, 0.1) is 6.61 Å². The summed E-state index contributed by atoms with van der Waals surface area (Å²) in [5.41, 5.74) is 0. The van der Waals surface area contributed by atoms with Gasteiger partial charge in [0.25, 0.3) is 12.8 Å². The molecule has 0 aliphatic carbocycles. The summed E-state index contributed by atoms with van der Waals surface area (Å²) in [6, 6.07) is 0. The maximum Gasteiger partial charge on any atom is 0.337 e. The molecule has 0 radical (unpaired) electrons. The van der Waals surface area contributed by atoms with Crippen LogP contribution in [0.3, 0.4) is 0 Å². The van der Waals surface area contributed by atoms with Crippen molar-refractivity contribution in [2.24, 2.45) is 0 Å². The molecule has 1 aliphatic rings. The van der Waals surface area contributed by atoms with Crippen molar-refractivity contribution < 1.29 is 32.1 Å². The number of alkyl halides is 2. The van der Waals surface area contributed by atoms with E-state index in [0.717, 1.165) is 0 Å². The lowest BCUT2D eigenvalue weighted by molar-refractivity contribution is -0.213. The van der Waals surface area contributed by atoms with Gasteiger partial charge in [-0.1, -0.05) is 0 Å². The second-order valence-corrected chi connectivity index (χ2v) is 3.41. The lowest BCUT2D eigenvalue weighted by atomic mass is 10.1. The normalized spacial score (nSPS) is 34.0. The van der Waals surface area contributed by atoms with Crippen molar-refractivity contribution in [3.63, 3.8) is 0 Å². The fraction of sp³-hybridized carbons (Fsp3) is 0.833. The second-order valence-electron chi connectivity index (χ2n) is 2.80. The van der Waals surface area contributed by atoms with Crippen LogP contribution in [0.4, 0.5) is 8.78 Å². The van der Waals surface area contributed by atoms with Gasteiger partial charge < -0.3 is 18.5 Å². The van der Waals surface area contributed by atoms with E-state index in [0.29, 0.717) is 0 Å². The third kappa shape index (κ3) is 2.60. The predicted octanol–water partition coefficient (Wildman–Crippen LogP) is 0.502. The number of carbonyl (C=O) groups is 1. The summed E-state index contributed by atoms with van der Waals surface area (Å²) in [6.07, 6.45) is -4.47. The standard InChI is InChI=1S/C6H10F2O5P2/c7-6(8)4(13-15)3(1-11-14)12-5(6)10-2-9/h2-5H,1,14-15H2/t3-,4?,5-/m1/s1. The average Bonchev–Trinajstić information content (AvgIpc) is 2.39. The highest BCUT2D eigenvalue weighted by Gasteiger charge is 2.61. The molecule has 0 N–H and O–H groups in total. The third-order valence-electron chi connectivity index (χ3n) is 1.92. The van der Waals surface area contributed by atoms with Gasteiger partial charge in [-0.25, -0.2) is 0 Å². The molecular weight excluding hydrogens is 252 g/mol. The Balaban J connectivity index is 2.76. The van der Waals surface area contributed by atoms with Crippen LogP contribution in [0.25, 0.3) is 0 Å². The number of hydrogen-bond acceptors (Lipinski definition) is 5. The molecule has 0 aromatic heterocycles. The molecule has 5 nitrogen and oxygen atoms in total. The highest BCUT2D eigenvalue weighted by Crippen LogP contribution is 2.39. The molecule has 0 amide bonds. The quantitative estimate of drug-likeness (QED) is 0.533. The minimum atomic E-state index is -3.41. The summed E-state index contributed by atoms with van der Waals surface area (Å²) in [7, 11) is 3.63. The molecule has 1 aliphatic heterocycles. The van der Waals surface area contributed by atoms with E-state index in [1.165, 1.54) is 0 Å². The molecule has 0 aromatic carbocycles. The van der Waals surface area contributed by atoms with Gasteiger partial charge in [-0.3, -0.25) is 4.79 Å². The van der Waals surface area contributed by atoms with Crippen LogP contribution in [0.1, 0.15) is 0 Å². The fourth-order valence-electron chi connectivity index (χ4n) is 1.28. The van der Waals surface area contributed by atoms with Gasteiger partial charge in [0, 0.05) is 18.9 Å². The van der Waals surface area contributed by atoms with Gasteiger partial charge >= 0.3 is 5.92 Å². The fourth-order valence-corrected chi connectivity index (χ4v) is 1.82. The summed E-state index contributed by atoms with van der Waals surface area (Å²) in [5.74, 6) is -3.41. The molecule has 9 heteroatoms. The molecule has 1 rings (SSSR count). The summed E-state index contributed by atoms with van der Waals surface area (Å²) < 4.78 is 44.9. The summed E-state index contributed by atoms with van der Waals surface area (Å²) in [5, 5.41) is 0.